The van der Waals surface area contributed by atoms with Crippen molar-refractivity contribution in [3.05, 3.63) is 53.7 Å². The SMILES string of the molecule is CCOC(=O)c1ccc(C(Cl)=Nc2ccccc2)c(N)n1. The van der Waals surface area contributed by atoms with Gasteiger partial charge in [-0.15, -0.1) is 0 Å². The quantitative estimate of drug-likeness (QED) is 0.695. The molecule has 2 rings (SSSR count). The topological polar surface area (TPSA) is 77.6 Å². The van der Waals surface area contributed by atoms with Crippen molar-refractivity contribution >= 4 is 34.2 Å². The summed E-state index contributed by atoms with van der Waals surface area (Å²) in [4.78, 5) is 19.8. The summed E-state index contributed by atoms with van der Waals surface area (Å²) in [7, 11) is 0. The number of halogens is 1. The van der Waals surface area contributed by atoms with Crippen LogP contribution in [0.4, 0.5) is 11.5 Å². The molecule has 0 fully saturated rings. The maximum absolute atomic E-state index is 11.6. The third-order valence-corrected chi connectivity index (χ3v) is 2.90. The molecule has 0 aliphatic heterocycles. The van der Waals surface area contributed by atoms with Gasteiger partial charge >= 0.3 is 5.97 Å². The molecule has 1 aromatic carbocycles. The van der Waals surface area contributed by atoms with E-state index in [-0.39, 0.29) is 23.3 Å². The van der Waals surface area contributed by atoms with Gasteiger partial charge in [0.1, 0.15) is 11.0 Å². The number of aliphatic imine (C=N–C) groups is 1. The number of pyridine rings is 1. The van der Waals surface area contributed by atoms with Crippen molar-refractivity contribution in [2.24, 2.45) is 4.99 Å². The zero-order valence-corrected chi connectivity index (χ0v) is 12.2. The molecule has 0 aliphatic carbocycles. The number of carbonyl (C=O) groups excluding carboxylic acids is 1. The molecule has 0 saturated heterocycles. The first-order valence-corrected chi connectivity index (χ1v) is 6.73. The minimum atomic E-state index is -0.521. The first kappa shape index (κ1) is 15.0. The molecular formula is C15H14ClN3O2. The van der Waals surface area contributed by atoms with Gasteiger partial charge in [-0.05, 0) is 31.2 Å². The number of ether oxygens (including phenoxy) is 1. The monoisotopic (exact) mass is 303 g/mol. The Morgan fingerprint density at radius 3 is 2.62 bits per heavy atom. The first-order valence-electron chi connectivity index (χ1n) is 6.35. The van der Waals surface area contributed by atoms with Crippen molar-refractivity contribution in [3.63, 3.8) is 0 Å². The van der Waals surface area contributed by atoms with Crippen molar-refractivity contribution in [3.8, 4) is 0 Å². The second kappa shape index (κ2) is 6.85. The van der Waals surface area contributed by atoms with Gasteiger partial charge in [0.2, 0.25) is 0 Å². The number of hydrogen-bond donors (Lipinski definition) is 1. The standard InChI is InChI=1S/C15H14ClN3O2/c1-2-21-15(20)12-9-8-11(14(17)19-12)13(16)18-10-6-4-3-5-7-10/h3-9H,2H2,1H3,(H2,17,19). The lowest BCUT2D eigenvalue weighted by Crippen LogP contribution is -2.10. The van der Waals surface area contributed by atoms with Gasteiger partial charge in [0, 0.05) is 0 Å². The molecular weight excluding hydrogens is 290 g/mol. The molecule has 0 amide bonds. The second-order valence-electron chi connectivity index (χ2n) is 4.09. The van der Waals surface area contributed by atoms with E-state index in [0.29, 0.717) is 11.3 Å². The van der Waals surface area contributed by atoms with E-state index in [0.717, 1.165) is 0 Å². The molecule has 2 aromatic rings. The summed E-state index contributed by atoms with van der Waals surface area (Å²) in [6.07, 6.45) is 0. The number of rotatable bonds is 4. The number of para-hydroxylation sites is 1. The van der Waals surface area contributed by atoms with Crippen LogP contribution in [0, 0.1) is 0 Å². The maximum Gasteiger partial charge on any atom is 0.356 e. The van der Waals surface area contributed by atoms with Gasteiger partial charge in [-0.2, -0.15) is 0 Å². The van der Waals surface area contributed by atoms with Crippen LogP contribution in [0.2, 0.25) is 0 Å². The summed E-state index contributed by atoms with van der Waals surface area (Å²) >= 11 is 6.15. The fraction of sp³-hybridized carbons (Fsp3) is 0.133. The predicted molar refractivity (Wildman–Crippen MR) is 83.1 cm³/mol. The maximum atomic E-state index is 11.6. The molecule has 108 valence electrons. The minimum absolute atomic E-state index is 0.130. The van der Waals surface area contributed by atoms with Gasteiger partial charge in [-0.25, -0.2) is 14.8 Å². The smallest absolute Gasteiger partial charge is 0.356 e. The summed E-state index contributed by atoms with van der Waals surface area (Å²) in [5, 5.41) is 0.210. The molecule has 0 atom stereocenters. The summed E-state index contributed by atoms with van der Waals surface area (Å²) in [5.41, 5.74) is 7.14. The molecule has 0 radical (unpaired) electrons. The van der Waals surface area contributed by atoms with Gasteiger partial charge in [0.05, 0.1) is 17.9 Å². The number of esters is 1. The Labute approximate surface area is 127 Å². The highest BCUT2D eigenvalue weighted by molar-refractivity contribution is 6.70. The highest BCUT2D eigenvalue weighted by Crippen LogP contribution is 2.19. The number of hydrogen-bond acceptors (Lipinski definition) is 5. The highest BCUT2D eigenvalue weighted by atomic mass is 35.5. The van der Waals surface area contributed by atoms with E-state index in [2.05, 4.69) is 9.98 Å². The van der Waals surface area contributed by atoms with Crippen molar-refractivity contribution in [1.82, 2.24) is 4.98 Å². The summed E-state index contributed by atoms with van der Waals surface area (Å²) < 4.78 is 4.86. The van der Waals surface area contributed by atoms with Crippen molar-refractivity contribution in [2.45, 2.75) is 6.92 Å². The third kappa shape index (κ3) is 3.79. The van der Waals surface area contributed by atoms with Crippen LogP contribution in [0.5, 0.6) is 0 Å². The molecule has 6 heteroatoms. The van der Waals surface area contributed by atoms with Crippen molar-refractivity contribution in [2.75, 3.05) is 12.3 Å². The summed E-state index contributed by atoms with van der Waals surface area (Å²) in [6, 6.07) is 12.3. The largest absolute Gasteiger partial charge is 0.461 e. The highest BCUT2D eigenvalue weighted by Gasteiger charge is 2.13. The lowest BCUT2D eigenvalue weighted by molar-refractivity contribution is 0.0519. The Morgan fingerprint density at radius 1 is 1.29 bits per heavy atom. The molecule has 21 heavy (non-hydrogen) atoms. The van der Waals surface area contributed by atoms with Crippen LogP contribution < -0.4 is 5.73 Å². The molecule has 0 saturated carbocycles. The first-order chi connectivity index (χ1) is 10.1. The average molecular weight is 304 g/mol. The van der Waals surface area contributed by atoms with Crippen molar-refractivity contribution in [1.29, 1.82) is 0 Å². The zero-order chi connectivity index (χ0) is 15.2. The van der Waals surface area contributed by atoms with E-state index < -0.39 is 5.97 Å². The van der Waals surface area contributed by atoms with Crippen molar-refractivity contribution < 1.29 is 9.53 Å². The van der Waals surface area contributed by atoms with Crippen LogP contribution >= 0.6 is 11.6 Å². The number of nitrogen functional groups attached to an aromatic ring is 1. The fourth-order valence-electron chi connectivity index (χ4n) is 1.64. The van der Waals surface area contributed by atoms with Crippen LogP contribution in [-0.2, 0) is 4.74 Å². The number of carbonyl (C=O) groups is 1. The van der Waals surface area contributed by atoms with Crippen LogP contribution in [0.3, 0.4) is 0 Å². The van der Waals surface area contributed by atoms with Crippen LogP contribution in [0.15, 0.2) is 47.5 Å². The molecule has 0 unspecified atom stereocenters. The lowest BCUT2D eigenvalue weighted by Gasteiger charge is -2.06. The molecule has 5 nitrogen and oxygen atoms in total. The van der Waals surface area contributed by atoms with Gasteiger partial charge in [-0.3, -0.25) is 0 Å². The second-order valence-corrected chi connectivity index (χ2v) is 4.45. The van der Waals surface area contributed by atoms with E-state index in [4.69, 9.17) is 22.1 Å². The molecule has 2 N–H and O–H groups in total. The Morgan fingerprint density at radius 2 is 2.00 bits per heavy atom. The van der Waals surface area contributed by atoms with Gasteiger partial charge in [-0.1, -0.05) is 29.8 Å². The van der Waals surface area contributed by atoms with E-state index in [1.54, 1.807) is 13.0 Å². The number of benzene rings is 1. The van der Waals surface area contributed by atoms with Gasteiger partial charge in [0.15, 0.2) is 5.69 Å². The molecule has 0 spiro atoms. The number of anilines is 1. The molecule has 1 aromatic heterocycles. The zero-order valence-electron chi connectivity index (χ0n) is 11.4. The van der Waals surface area contributed by atoms with Crippen LogP contribution in [0.1, 0.15) is 23.0 Å². The summed E-state index contributed by atoms with van der Waals surface area (Å²) in [5.74, 6) is -0.392. The van der Waals surface area contributed by atoms with Gasteiger partial charge < -0.3 is 10.5 Å². The Bertz CT molecular complexity index is 672. The average Bonchev–Trinajstić information content (AvgIpc) is 2.48. The lowest BCUT2D eigenvalue weighted by atomic mass is 10.2. The number of nitrogens with zero attached hydrogens (tertiary/aromatic N) is 2. The van der Waals surface area contributed by atoms with Gasteiger partial charge in [0.25, 0.3) is 0 Å². The van der Waals surface area contributed by atoms with Crippen LogP contribution in [0.25, 0.3) is 0 Å². The van der Waals surface area contributed by atoms with Crippen LogP contribution in [-0.4, -0.2) is 22.7 Å². The fourth-order valence-corrected chi connectivity index (χ4v) is 1.90. The van der Waals surface area contributed by atoms with E-state index in [1.807, 2.05) is 30.3 Å². The Kier molecular flexibility index (Phi) is 4.90. The molecule has 1 heterocycles. The Balaban J connectivity index is 2.29. The number of aromatic nitrogens is 1. The third-order valence-electron chi connectivity index (χ3n) is 2.61. The number of nitrogens with two attached hydrogens (primary N) is 1. The Hall–Kier alpha value is -2.40. The normalized spacial score (nSPS) is 11.2. The predicted octanol–water partition coefficient (Wildman–Crippen LogP) is 3.16. The molecule has 0 bridgehead atoms. The molecule has 0 aliphatic rings. The summed E-state index contributed by atoms with van der Waals surface area (Å²) in [6.45, 7) is 2.00. The minimum Gasteiger partial charge on any atom is -0.461 e. The van der Waals surface area contributed by atoms with E-state index >= 15 is 0 Å². The van der Waals surface area contributed by atoms with E-state index in [9.17, 15) is 4.79 Å². The van der Waals surface area contributed by atoms with E-state index in [1.165, 1.54) is 6.07 Å².